The van der Waals surface area contributed by atoms with Crippen LogP contribution >= 0.6 is 0 Å². The van der Waals surface area contributed by atoms with Gasteiger partial charge in [0.1, 0.15) is 11.6 Å². The van der Waals surface area contributed by atoms with Gasteiger partial charge in [-0.3, -0.25) is 33.3 Å². The maximum atomic E-state index is 14.5. The number of ether oxygens (including phenoxy) is 6. The molecular formula is C33H37FN6O14. The maximum Gasteiger partial charge on any atom is 0.339 e. The molecule has 0 aliphatic carbocycles. The lowest BCUT2D eigenvalue weighted by atomic mass is 9.97. The largest absolute Gasteiger partial charge is 0.467 e. The van der Waals surface area contributed by atoms with Crippen LogP contribution in [-0.2, 0) is 61.9 Å². The molecule has 3 heterocycles. The summed E-state index contributed by atoms with van der Waals surface area (Å²) in [5.74, 6) is -9.64. The number of methoxy groups -OCH3 is 1. The molecule has 0 bridgehead atoms. The van der Waals surface area contributed by atoms with Gasteiger partial charge in [-0.15, -0.1) is 10.2 Å². The second-order valence-corrected chi connectivity index (χ2v) is 12.1. The monoisotopic (exact) mass is 763 g/mol. The molecule has 1 aliphatic heterocycles. The predicted molar refractivity (Wildman–Crippen MR) is 175 cm³/mol. The molecule has 54 heavy (non-hydrogen) atoms. The van der Waals surface area contributed by atoms with Gasteiger partial charge in [0.25, 0.3) is 11.5 Å². The lowest BCUT2D eigenvalue weighted by Crippen LogP contribution is -2.64. The molecule has 4 rings (SSSR count). The van der Waals surface area contributed by atoms with Gasteiger partial charge in [0, 0.05) is 45.3 Å². The van der Waals surface area contributed by atoms with Gasteiger partial charge >= 0.3 is 35.7 Å². The van der Waals surface area contributed by atoms with Crippen LogP contribution < -0.4 is 20.9 Å². The number of benzene rings is 1. The number of carbonyl (C=O) groups excluding carboxylic acids is 6. The minimum atomic E-state index is -3.43. The van der Waals surface area contributed by atoms with Crippen molar-refractivity contribution in [2.75, 3.05) is 7.11 Å². The third kappa shape index (κ3) is 9.40. The van der Waals surface area contributed by atoms with Crippen molar-refractivity contribution in [1.82, 2.24) is 30.4 Å². The molecular weight excluding hydrogens is 723 g/mol. The van der Waals surface area contributed by atoms with E-state index in [2.05, 4.69) is 25.8 Å². The Balaban J connectivity index is 1.96. The number of hydrogen-bond acceptors (Lipinski definition) is 17. The van der Waals surface area contributed by atoms with Crippen LogP contribution in [0, 0.1) is 12.7 Å². The van der Waals surface area contributed by atoms with Crippen molar-refractivity contribution in [3.05, 3.63) is 69.3 Å². The van der Waals surface area contributed by atoms with Crippen molar-refractivity contribution in [2.24, 2.45) is 6.98 Å². The Morgan fingerprint density at radius 1 is 0.944 bits per heavy atom. The fourth-order valence-corrected chi connectivity index (χ4v) is 5.13. The van der Waals surface area contributed by atoms with Crippen molar-refractivity contribution >= 4 is 35.7 Å². The molecule has 2 N–H and O–H groups in total. The van der Waals surface area contributed by atoms with E-state index in [0.717, 1.165) is 40.0 Å². The van der Waals surface area contributed by atoms with E-state index in [4.69, 9.17) is 37.0 Å². The quantitative estimate of drug-likeness (QED) is 0.185. The van der Waals surface area contributed by atoms with Crippen molar-refractivity contribution in [1.29, 1.82) is 0 Å². The van der Waals surface area contributed by atoms with Crippen LogP contribution in [0.4, 0.5) is 4.39 Å². The number of aromatic nitrogens is 4. The Hall–Kier alpha value is -6.25. The molecule has 0 radical (unpaired) electrons. The minimum Gasteiger partial charge on any atom is -0.467 e. The topological polar surface area (TPSA) is 256 Å². The zero-order chi connectivity index (χ0) is 42.6. The van der Waals surface area contributed by atoms with E-state index in [0.29, 0.717) is 5.56 Å². The van der Waals surface area contributed by atoms with Crippen LogP contribution in [0.25, 0.3) is 0 Å². The molecule has 1 aliphatic rings. The van der Waals surface area contributed by atoms with Gasteiger partial charge in [-0.25, -0.2) is 14.2 Å². The minimum absolute atomic E-state index is 0.0126. The Bertz CT molecular complexity index is 2110. The summed E-state index contributed by atoms with van der Waals surface area (Å²) in [5.41, 5.74) is -4.13. The van der Waals surface area contributed by atoms with E-state index >= 15 is 0 Å². The van der Waals surface area contributed by atoms with Gasteiger partial charge in [0.15, 0.2) is 24.0 Å². The lowest BCUT2D eigenvalue weighted by molar-refractivity contribution is -0.282. The van der Waals surface area contributed by atoms with Crippen molar-refractivity contribution < 1.29 is 70.1 Å². The smallest absolute Gasteiger partial charge is 0.339 e. The lowest BCUT2D eigenvalue weighted by Gasteiger charge is -2.43. The molecule has 20 nitrogen and oxygen atoms in total. The summed E-state index contributed by atoms with van der Waals surface area (Å²) in [5, 5.41) is 12.1. The molecule has 1 fully saturated rings. The molecule has 2 unspecified atom stereocenters. The maximum absolute atomic E-state index is 14.5. The van der Waals surface area contributed by atoms with E-state index in [9.17, 15) is 38.0 Å². The Morgan fingerprint density at radius 2 is 1.56 bits per heavy atom. The predicted octanol–water partition coefficient (Wildman–Crippen LogP) is 0.278. The fraction of sp³-hybridized carbons (Fsp3) is 0.455. The summed E-state index contributed by atoms with van der Waals surface area (Å²) >= 11 is 0. The Kier molecular flexibility index (Phi) is 11.1. The highest BCUT2D eigenvalue weighted by molar-refractivity contribution is 5.95. The number of amides is 2. The summed E-state index contributed by atoms with van der Waals surface area (Å²) in [6.45, 7) is 2.91. The molecule has 1 saturated heterocycles. The van der Waals surface area contributed by atoms with Gasteiger partial charge in [-0.2, -0.15) is 0 Å². The number of esters is 4. The standard InChI is InChI=1S/C33H37FN6O14/c1-14-38-39-28(49-14)27(45)37-33(5,6)32-36-20(26(44)35-13-18-9-11-19(34)12-10-18)21(29(46)40(32)7)53-31-25(52-17(4)43)23(51-16(3)42)22(50-15(2)41)24(54-31)30(47)48-8/h9-12,22-25,31H,13H2,1-8H3,(H,35,44)(H,37,45)/t22-,23?,24-,25?,31+/m0/s1/i7D3. The number of nitrogens with one attached hydrogen (secondary N) is 2. The Morgan fingerprint density at radius 3 is 2.11 bits per heavy atom. The van der Waals surface area contributed by atoms with Crippen LogP contribution in [0.5, 0.6) is 5.75 Å². The molecule has 0 saturated carbocycles. The number of aryl methyl sites for hydroxylation is 1. The zero-order valence-electron chi connectivity index (χ0n) is 32.8. The highest BCUT2D eigenvalue weighted by Crippen LogP contribution is 2.32. The van der Waals surface area contributed by atoms with Gasteiger partial charge < -0.3 is 43.5 Å². The first-order valence-electron chi connectivity index (χ1n) is 17.3. The second kappa shape index (κ2) is 16.6. The molecule has 5 atom stereocenters. The second-order valence-electron chi connectivity index (χ2n) is 12.1. The zero-order valence-corrected chi connectivity index (χ0v) is 29.8. The number of carbonyl (C=O) groups is 6. The number of hydrogen-bond donors (Lipinski definition) is 2. The van der Waals surface area contributed by atoms with E-state index in [1.807, 2.05) is 0 Å². The number of rotatable bonds is 12. The summed E-state index contributed by atoms with van der Waals surface area (Å²) < 4.78 is 75.9. The molecule has 2 aromatic heterocycles. The first-order valence-corrected chi connectivity index (χ1v) is 15.8. The van der Waals surface area contributed by atoms with Crippen LogP contribution in [0.1, 0.15) is 77.2 Å². The van der Waals surface area contributed by atoms with E-state index in [-0.39, 0.29) is 17.0 Å². The first kappa shape index (κ1) is 36.1. The normalized spacial score (nSPS) is 20.6. The summed E-state index contributed by atoms with van der Waals surface area (Å²) in [4.78, 5) is 95.6. The highest BCUT2D eigenvalue weighted by atomic mass is 19.1. The van der Waals surface area contributed by atoms with Crippen LogP contribution in [-0.4, -0.2) is 93.3 Å². The van der Waals surface area contributed by atoms with E-state index in [1.54, 1.807) is 0 Å². The number of nitrogens with zero attached hydrogens (tertiary/aromatic N) is 4. The van der Waals surface area contributed by atoms with Gasteiger partial charge in [-0.1, -0.05) is 12.1 Å². The molecule has 1 aromatic carbocycles. The average molecular weight is 764 g/mol. The fourth-order valence-electron chi connectivity index (χ4n) is 5.13. The van der Waals surface area contributed by atoms with Gasteiger partial charge in [0.05, 0.1) is 12.6 Å². The van der Waals surface area contributed by atoms with Crippen molar-refractivity contribution in [3.63, 3.8) is 0 Å². The van der Waals surface area contributed by atoms with Crippen LogP contribution in [0.15, 0.2) is 33.5 Å². The van der Waals surface area contributed by atoms with E-state index < -0.39 is 113 Å². The first-order chi connectivity index (χ1) is 26.5. The molecule has 2 amide bonds. The third-order valence-corrected chi connectivity index (χ3v) is 7.40. The summed E-state index contributed by atoms with van der Waals surface area (Å²) in [6.07, 6.45) is -10.0. The summed E-state index contributed by atoms with van der Waals surface area (Å²) in [6, 6.07) is 4.88. The van der Waals surface area contributed by atoms with Gasteiger partial charge in [0.2, 0.25) is 24.0 Å². The highest BCUT2D eigenvalue weighted by Gasteiger charge is 2.56. The Labute approximate surface area is 309 Å². The average Bonchev–Trinajstić information content (AvgIpc) is 3.55. The van der Waals surface area contributed by atoms with Crippen LogP contribution in [0.2, 0.25) is 0 Å². The van der Waals surface area contributed by atoms with E-state index in [1.165, 1.54) is 32.9 Å². The SMILES string of the molecule is [2H]C([2H])([2H])n1c(C(C)(C)NC(=O)c2nnc(C)o2)nc(C(=O)NCc2ccc(F)cc2)c(O[C@@H]2O[C@H](C(=O)OC)[C@@H](OC(C)=O)C(OC(C)=O)C2OC(C)=O)c1=O. The van der Waals surface area contributed by atoms with Crippen LogP contribution in [0.3, 0.4) is 0 Å². The molecule has 3 aromatic rings. The molecule has 21 heteroatoms. The molecule has 0 spiro atoms. The van der Waals surface area contributed by atoms with Crippen molar-refractivity contribution in [2.45, 2.75) is 84.3 Å². The molecule has 290 valence electrons. The number of halogens is 1. The van der Waals surface area contributed by atoms with Crippen molar-refractivity contribution in [3.8, 4) is 5.75 Å². The summed E-state index contributed by atoms with van der Waals surface area (Å²) in [7, 11) is 0.923. The van der Waals surface area contributed by atoms with Gasteiger partial charge in [-0.05, 0) is 31.5 Å². The third-order valence-electron chi connectivity index (χ3n) is 7.40.